The molecule has 4 aromatic heterocycles. The molecule has 0 saturated carbocycles. The first-order valence-electron chi connectivity index (χ1n) is 19.0. The van der Waals surface area contributed by atoms with Crippen LogP contribution in [0.2, 0.25) is 0 Å². The predicted octanol–water partition coefficient (Wildman–Crippen LogP) is 13.4. The van der Waals surface area contributed by atoms with Crippen molar-refractivity contribution < 1.29 is 8.83 Å². The van der Waals surface area contributed by atoms with E-state index in [9.17, 15) is 0 Å². The molecule has 6 nitrogen and oxygen atoms in total. The van der Waals surface area contributed by atoms with E-state index in [0.29, 0.717) is 17.5 Å². The van der Waals surface area contributed by atoms with E-state index in [1.807, 2.05) is 72.8 Å². The molecule has 4 heterocycles. The highest BCUT2D eigenvalue weighted by atomic mass is 16.3. The molecule has 12 aromatic rings. The molecular formula is C51H30N4O2. The van der Waals surface area contributed by atoms with E-state index in [4.69, 9.17) is 23.8 Å². The predicted molar refractivity (Wildman–Crippen MR) is 230 cm³/mol. The average Bonchev–Trinajstić information content (AvgIpc) is 3.96. The van der Waals surface area contributed by atoms with Crippen molar-refractivity contribution in [2.75, 3.05) is 0 Å². The summed E-state index contributed by atoms with van der Waals surface area (Å²) in [5.41, 5.74) is 11.3. The summed E-state index contributed by atoms with van der Waals surface area (Å²) in [6, 6.07) is 62.6. The molecule has 0 amide bonds. The molecule has 0 fully saturated rings. The van der Waals surface area contributed by atoms with E-state index in [0.717, 1.165) is 82.9 Å². The third-order valence-electron chi connectivity index (χ3n) is 11.1. The zero-order valence-corrected chi connectivity index (χ0v) is 30.4. The highest BCUT2D eigenvalue weighted by molar-refractivity contribution is 6.16. The van der Waals surface area contributed by atoms with Gasteiger partial charge in [0, 0.05) is 54.7 Å². The Labute approximate surface area is 325 Å². The molecule has 0 aliphatic carbocycles. The van der Waals surface area contributed by atoms with Crippen LogP contribution in [0.3, 0.4) is 0 Å². The van der Waals surface area contributed by atoms with E-state index in [2.05, 4.69) is 114 Å². The molecule has 266 valence electrons. The highest BCUT2D eigenvalue weighted by Crippen LogP contribution is 2.43. The molecule has 0 radical (unpaired) electrons. The van der Waals surface area contributed by atoms with Gasteiger partial charge in [0.15, 0.2) is 17.5 Å². The number of hydrogen-bond acceptors (Lipinski definition) is 5. The maximum atomic E-state index is 6.80. The average molecular weight is 731 g/mol. The molecule has 0 spiro atoms. The van der Waals surface area contributed by atoms with Crippen molar-refractivity contribution in [1.29, 1.82) is 0 Å². The first kappa shape index (κ1) is 31.5. The smallest absolute Gasteiger partial charge is 0.167 e. The number of para-hydroxylation sites is 5. The van der Waals surface area contributed by atoms with Crippen molar-refractivity contribution in [3.8, 4) is 51.0 Å². The van der Waals surface area contributed by atoms with Crippen molar-refractivity contribution in [2.45, 2.75) is 0 Å². The number of fused-ring (bicyclic) bond motifs is 9. The van der Waals surface area contributed by atoms with Gasteiger partial charge >= 0.3 is 0 Å². The molecule has 0 aliphatic heterocycles. The van der Waals surface area contributed by atoms with Gasteiger partial charge in [0.25, 0.3) is 0 Å². The minimum Gasteiger partial charge on any atom is -0.455 e. The largest absolute Gasteiger partial charge is 0.455 e. The van der Waals surface area contributed by atoms with E-state index >= 15 is 0 Å². The van der Waals surface area contributed by atoms with Crippen LogP contribution in [0.4, 0.5) is 0 Å². The molecule has 0 saturated heterocycles. The molecule has 0 bridgehead atoms. The summed E-state index contributed by atoms with van der Waals surface area (Å²) in [6.45, 7) is 0. The van der Waals surface area contributed by atoms with Crippen molar-refractivity contribution >= 4 is 65.7 Å². The van der Waals surface area contributed by atoms with Crippen LogP contribution in [-0.2, 0) is 0 Å². The lowest BCUT2D eigenvalue weighted by Gasteiger charge is -2.09. The van der Waals surface area contributed by atoms with Crippen LogP contribution in [0.25, 0.3) is 117 Å². The Kier molecular flexibility index (Phi) is 6.83. The maximum Gasteiger partial charge on any atom is 0.167 e. The van der Waals surface area contributed by atoms with Crippen LogP contribution in [0.5, 0.6) is 0 Å². The molecule has 57 heavy (non-hydrogen) atoms. The summed E-state index contributed by atoms with van der Waals surface area (Å²) in [6.07, 6.45) is 0. The van der Waals surface area contributed by atoms with Crippen molar-refractivity contribution in [1.82, 2.24) is 19.5 Å². The fraction of sp³-hybridized carbons (Fsp3) is 0. The number of rotatable bonds is 5. The third kappa shape index (κ3) is 4.87. The number of aromatic nitrogens is 4. The second-order valence-electron chi connectivity index (χ2n) is 14.3. The summed E-state index contributed by atoms with van der Waals surface area (Å²) >= 11 is 0. The number of nitrogens with zero attached hydrogens (tertiary/aromatic N) is 4. The molecule has 0 unspecified atom stereocenters. The SMILES string of the molecule is c1ccc(-c2nc(-c3cccc4c3oc3ccccc34)nc(-c3cccc4oc5c(-c6ccc7c(c6)c6ccccc6n7-c6ccccc6)cccc5c34)n2)cc1. The minimum absolute atomic E-state index is 0.539. The van der Waals surface area contributed by atoms with Crippen molar-refractivity contribution in [3.63, 3.8) is 0 Å². The Bertz CT molecular complexity index is 3530. The summed E-state index contributed by atoms with van der Waals surface area (Å²) in [5, 5.41) is 6.41. The Morgan fingerprint density at radius 1 is 0.351 bits per heavy atom. The highest BCUT2D eigenvalue weighted by Gasteiger charge is 2.22. The van der Waals surface area contributed by atoms with Gasteiger partial charge in [0.1, 0.15) is 22.3 Å². The van der Waals surface area contributed by atoms with Gasteiger partial charge in [0.2, 0.25) is 0 Å². The van der Waals surface area contributed by atoms with Crippen LogP contribution in [0.15, 0.2) is 191 Å². The minimum atomic E-state index is 0.539. The Morgan fingerprint density at radius 2 is 0.930 bits per heavy atom. The Morgan fingerprint density at radius 3 is 1.79 bits per heavy atom. The number of furan rings is 2. The standard InChI is InChI=1S/C51H30N4O2/c1-3-14-31(15-4-1)49-52-50(54-51(53-49)40-24-12-21-37-36-19-8-10-26-44(36)56-48(37)40)39-23-13-27-45-46(39)38-22-11-20-34(47(38)57-45)32-28-29-43-41(30-32)35-18-7-9-25-42(35)55(43)33-16-5-2-6-17-33/h1-30H. The Hall–Kier alpha value is -7.83. The molecule has 8 aromatic carbocycles. The van der Waals surface area contributed by atoms with Crippen LogP contribution in [0.1, 0.15) is 0 Å². The maximum absolute atomic E-state index is 6.80. The summed E-state index contributed by atoms with van der Waals surface area (Å²) in [5.74, 6) is 1.68. The second kappa shape index (κ2) is 12.3. The van der Waals surface area contributed by atoms with Gasteiger partial charge in [-0.1, -0.05) is 133 Å². The van der Waals surface area contributed by atoms with Crippen LogP contribution < -0.4 is 0 Å². The Balaban J connectivity index is 1.06. The lowest BCUT2D eigenvalue weighted by molar-refractivity contribution is 0.669. The lowest BCUT2D eigenvalue weighted by atomic mass is 9.99. The molecule has 0 aliphatic rings. The van der Waals surface area contributed by atoms with Gasteiger partial charge in [0.05, 0.1) is 16.6 Å². The first-order chi connectivity index (χ1) is 28.3. The van der Waals surface area contributed by atoms with Gasteiger partial charge < -0.3 is 13.4 Å². The third-order valence-corrected chi connectivity index (χ3v) is 11.1. The lowest BCUT2D eigenvalue weighted by Crippen LogP contribution is -2.00. The van der Waals surface area contributed by atoms with E-state index in [1.54, 1.807) is 0 Å². The fourth-order valence-corrected chi connectivity index (χ4v) is 8.51. The van der Waals surface area contributed by atoms with Crippen LogP contribution in [-0.4, -0.2) is 19.5 Å². The van der Waals surface area contributed by atoms with Gasteiger partial charge in [-0.3, -0.25) is 0 Å². The summed E-state index contributed by atoms with van der Waals surface area (Å²) in [4.78, 5) is 15.4. The quantitative estimate of drug-likeness (QED) is 0.176. The van der Waals surface area contributed by atoms with Crippen LogP contribution >= 0.6 is 0 Å². The topological polar surface area (TPSA) is 69.9 Å². The van der Waals surface area contributed by atoms with E-state index in [1.165, 1.54) is 16.3 Å². The van der Waals surface area contributed by atoms with E-state index in [-0.39, 0.29) is 0 Å². The van der Waals surface area contributed by atoms with Crippen LogP contribution in [0, 0.1) is 0 Å². The molecule has 6 heteroatoms. The molecule has 0 N–H and O–H groups in total. The fourth-order valence-electron chi connectivity index (χ4n) is 8.51. The monoisotopic (exact) mass is 730 g/mol. The molecule has 12 rings (SSSR count). The van der Waals surface area contributed by atoms with Gasteiger partial charge in [-0.2, -0.15) is 0 Å². The molecular weight excluding hydrogens is 701 g/mol. The van der Waals surface area contributed by atoms with Gasteiger partial charge in [-0.05, 0) is 54.1 Å². The zero-order valence-electron chi connectivity index (χ0n) is 30.4. The summed E-state index contributed by atoms with van der Waals surface area (Å²) in [7, 11) is 0. The van der Waals surface area contributed by atoms with E-state index < -0.39 is 0 Å². The summed E-state index contributed by atoms with van der Waals surface area (Å²) < 4.78 is 15.6. The number of hydrogen-bond donors (Lipinski definition) is 0. The number of benzene rings is 8. The molecule has 0 atom stereocenters. The normalized spacial score (nSPS) is 11.9. The first-order valence-corrected chi connectivity index (χ1v) is 19.0. The zero-order chi connectivity index (χ0) is 37.5. The van der Waals surface area contributed by atoms with Gasteiger partial charge in [-0.25, -0.2) is 15.0 Å². The second-order valence-corrected chi connectivity index (χ2v) is 14.3. The van der Waals surface area contributed by atoms with Gasteiger partial charge in [-0.15, -0.1) is 0 Å². The van der Waals surface area contributed by atoms with Crippen molar-refractivity contribution in [3.05, 3.63) is 182 Å². The van der Waals surface area contributed by atoms with Crippen molar-refractivity contribution in [2.24, 2.45) is 0 Å².